The number of hydrogen-bond acceptors (Lipinski definition) is 3. The van der Waals surface area contributed by atoms with Crippen LogP contribution in [0.3, 0.4) is 0 Å². The first-order valence-electron chi connectivity index (χ1n) is 8.89. The molecule has 1 aromatic carbocycles. The van der Waals surface area contributed by atoms with Crippen LogP contribution in [0.4, 0.5) is 5.82 Å². The second-order valence-electron chi connectivity index (χ2n) is 6.86. The van der Waals surface area contributed by atoms with Gasteiger partial charge in [-0.25, -0.2) is 4.98 Å². The largest absolute Gasteiger partial charge is 0.367 e. The first kappa shape index (κ1) is 14.7. The fourth-order valence-corrected chi connectivity index (χ4v) is 3.50. The predicted octanol–water partition coefficient (Wildman–Crippen LogP) is 4.38. The molecule has 1 saturated heterocycles. The maximum atomic E-state index is 4.64. The molecule has 23 heavy (non-hydrogen) atoms. The van der Waals surface area contributed by atoms with Gasteiger partial charge in [-0.1, -0.05) is 42.8 Å². The zero-order chi connectivity index (χ0) is 15.5. The van der Waals surface area contributed by atoms with Crippen LogP contribution < -0.4 is 5.32 Å². The molecule has 1 aliphatic heterocycles. The van der Waals surface area contributed by atoms with Gasteiger partial charge in [-0.2, -0.15) is 0 Å². The third kappa shape index (κ3) is 3.73. The first-order chi connectivity index (χ1) is 11.4. The molecular weight excluding hydrogens is 282 g/mol. The van der Waals surface area contributed by atoms with E-state index in [0.717, 1.165) is 12.4 Å². The number of rotatable bonds is 5. The van der Waals surface area contributed by atoms with Crippen molar-refractivity contribution in [1.82, 2.24) is 9.88 Å². The molecule has 120 valence electrons. The minimum Gasteiger partial charge on any atom is -0.367 e. The minimum atomic E-state index is 0.506. The van der Waals surface area contributed by atoms with E-state index >= 15 is 0 Å². The number of nitrogens with one attached hydrogen (secondary N) is 1. The summed E-state index contributed by atoms with van der Waals surface area (Å²) in [6, 6.07) is 16.4. The fraction of sp³-hybridized carbons (Fsp3) is 0.450. The van der Waals surface area contributed by atoms with Crippen molar-refractivity contribution in [1.29, 1.82) is 0 Å². The third-order valence-corrected chi connectivity index (χ3v) is 4.94. The predicted molar refractivity (Wildman–Crippen MR) is 94.3 cm³/mol. The number of anilines is 1. The molecule has 2 aliphatic rings. The van der Waals surface area contributed by atoms with Gasteiger partial charge >= 0.3 is 0 Å². The lowest BCUT2D eigenvalue weighted by Gasteiger charge is -2.36. The number of aromatic nitrogens is 1. The Hall–Kier alpha value is -1.87. The van der Waals surface area contributed by atoms with E-state index in [0.29, 0.717) is 12.1 Å². The first-order valence-corrected chi connectivity index (χ1v) is 8.89. The zero-order valence-electron chi connectivity index (χ0n) is 13.6. The molecule has 1 saturated carbocycles. The van der Waals surface area contributed by atoms with Gasteiger partial charge < -0.3 is 5.32 Å². The second-order valence-corrected chi connectivity index (χ2v) is 6.86. The molecule has 1 aliphatic carbocycles. The van der Waals surface area contributed by atoms with Crippen molar-refractivity contribution in [2.24, 2.45) is 0 Å². The van der Waals surface area contributed by atoms with Gasteiger partial charge in [0.25, 0.3) is 0 Å². The van der Waals surface area contributed by atoms with E-state index in [1.165, 1.54) is 49.8 Å². The molecule has 2 fully saturated rings. The average molecular weight is 307 g/mol. The molecule has 0 amide bonds. The van der Waals surface area contributed by atoms with Crippen LogP contribution in [0.5, 0.6) is 0 Å². The highest BCUT2D eigenvalue weighted by Gasteiger charge is 2.25. The molecular formula is C20H25N3. The summed E-state index contributed by atoms with van der Waals surface area (Å²) in [5.41, 5.74) is 2.77. The quantitative estimate of drug-likeness (QED) is 0.888. The van der Waals surface area contributed by atoms with Crippen molar-refractivity contribution in [3.8, 4) is 0 Å². The van der Waals surface area contributed by atoms with Gasteiger partial charge in [0.2, 0.25) is 0 Å². The molecule has 4 rings (SSSR count). The van der Waals surface area contributed by atoms with Gasteiger partial charge in [0.15, 0.2) is 0 Å². The van der Waals surface area contributed by atoms with Crippen LogP contribution in [0, 0.1) is 0 Å². The molecule has 2 heterocycles. The third-order valence-electron chi connectivity index (χ3n) is 4.94. The van der Waals surface area contributed by atoms with Crippen LogP contribution >= 0.6 is 0 Å². The van der Waals surface area contributed by atoms with E-state index in [1.54, 1.807) is 0 Å². The van der Waals surface area contributed by atoms with Crippen LogP contribution in [0.15, 0.2) is 48.7 Å². The van der Waals surface area contributed by atoms with Crippen molar-refractivity contribution in [3.63, 3.8) is 0 Å². The Morgan fingerprint density at radius 1 is 1.00 bits per heavy atom. The van der Waals surface area contributed by atoms with Gasteiger partial charge in [-0.05, 0) is 49.4 Å². The number of pyridine rings is 1. The summed E-state index contributed by atoms with van der Waals surface area (Å²) < 4.78 is 0. The summed E-state index contributed by atoms with van der Waals surface area (Å²) in [4.78, 5) is 7.25. The standard InChI is InChI=1S/C20H25N3/c1-2-6-16(7-3-1)15-23-13-5-4-8-19(23)17-9-12-20(21-14-17)22-18-10-11-18/h1-3,6-7,9,12,14,18-19H,4-5,8,10-11,13,15H2,(H,21,22). The SMILES string of the molecule is c1ccc(CN2CCCCC2c2ccc(NC3CC3)nc2)cc1. The van der Waals surface area contributed by atoms with Crippen molar-refractivity contribution >= 4 is 5.82 Å². The fourth-order valence-electron chi connectivity index (χ4n) is 3.50. The number of likely N-dealkylation sites (tertiary alicyclic amines) is 1. The zero-order valence-corrected chi connectivity index (χ0v) is 13.6. The van der Waals surface area contributed by atoms with Crippen molar-refractivity contribution < 1.29 is 0 Å². The monoisotopic (exact) mass is 307 g/mol. The van der Waals surface area contributed by atoms with Crippen LogP contribution in [-0.4, -0.2) is 22.5 Å². The Kier molecular flexibility index (Phi) is 4.29. The Labute approximate surface area is 138 Å². The van der Waals surface area contributed by atoms with Gasteiger partial charge in [0.05, 0.1) is 0 Å². The maximum Gasteiger partial charge on any atom is 0.126 e. The summed E-state index contributed by atoms with van der Waals surface area (Å²) >= 11 is 0. The molecule has 1 atom stereocenters. The topological polar surface area (TPSA) is 28.2 Å². The summed E-state index contributed by atoms with van der Waals surface area (Å²) in [5, 5.41) is 3.47. The lowest BCUT2D eigenvalue weighted by molar-refractivity contribution is 0.140. The van der Waals surface area contributed by atoms with E-state index in [2.05, 4.69) is 63.9 Å². The molecule has 1 unspecified atom stereocenters. The van der Waals surface area contributed by atoms with E-state index < -0.39 is 0 Å². The highest BCUT2D eigenvalue weighted by atomic mass is 15.2. The smallest absolute Gasteiger partial charge is 0.126 e. The Balaban J connectivity index is 1.47. The Morgan fingerprint density at radius 2 is 1.87 bits per heavy atom. The van der Waals surface area contributed by atoms with Crippen LogP contribution in [0.1, 0.15) is 49.3 Å². The molecule has 2 aromatic rings. The molecule has 1 N–H and O–H groups in total. The molecule has 3 heteroatoms. The van der Waals surface area contributed by atoms with Gasteiger partial charge in [0, 0.05) is 24.8 Å². The van der Waals surface area contributed by atoms with E-state index in [1.807, 2.05) is 0 Å². The Bertz CT molecular complexity index is 619. The van der Waals surface area contributed by atoms with Gasteiger partial charge in [-0.3, -0.25) is 4.90 Å². The molecule has 0 bridgehead atoms. The number of nitrogens with zero attached hydrogens (tertiary/aromatic N) is 2. The lowest BCUT2D eigenvalue weighted by atomic mass is 9.95. The molecule has 1 aromatic heterocycles. The van der Waals surface area contributed by atoms with Gasteiger partial charge in [-0.15, -0.1) is 0 Å². The van der Waals surface area contributed by atoms with E-state index in [-0.39, 0.29) is 0 Å². The van der Waals surface area contributed by atoms with Crippen molar-refractivity contribution in [3.05, 3.63) is 59.8 Å². The molecule has 0 radical (unpaired) electrons. The summed E-state index contributed by atoms with van der Waals surface area (Å²) in [5.74, 6) is 1.03. The minimum absolute atomic E-state index is 0.506. The number of benzene rings is 1. The second kappa shape index (κ2) is 6.71. The lowest BCUT2D eigenvalue weighted by Crippen LogP contribution is -2.33. The van der Waals surface area contributed by atoms with E-state index in [4.69, 9.17) is 0 Å². The molecule has 0 spiro atoms. The highest BCUT2D eigenvalue weighted by Crippen LogP contribution is 2.32. The highest BCUT2D eigenvalue weighted by molar-refractivity contribution is 5.38. The summed E-state index contributed by atoms with van der Waals surface area (Å²) in [6.07, 6.45) is 8.52. The van der Waals surface area contributed by atoms with Crippen molar-refractivity contribution in [2.75, 3.05) is 11.9 Å². The Morgan fingerprint density at radius 3 is 2.61 bits per heavy atom. The normalized spacial score (nSPS) is 22.0. The van der Waals surface area contributed by atoms with Crippen LogP contribution in [-0.2, 0) is 6.54 Å². The van der Waals surface area contributed by atoms with Crippen LogP contribution in [0.2, 0.25) is 0 Å². The average Bonchev–Trinajstić information content (AvgIpc) is 3.41. The summed E-state index contributed by atoms with van der Waals surface area (Å²) in [7, 11) is 0. The van der Waals surface area contributed by atoms with E-state index in [9.17, 15) is 0 Å². The van der Waals surface area contributed by atoms with Crippen LogP contribution in [0.25, 0.3) is 0 Å². The van der Waals surface area contributed by atoms with Crippen molar-refractivity contribution in [2.45, 2.75) is 50.7 Å². The summed E-state index contributed by atoms with van der Waals surface area (Å²) in [6.45, 7) is 2.22. The number of hydrogen-bond donors (Lipinski definition) is 1. The number of piperidine rings is 1. The maximum absolute atomic E-state index is 4.64. The van der Waals surface area contributed by atoms with Gasteiger partial charge in [0.1, 0.15) is 5.82 Å². The molecule has 3 nitrogen and oxygen atoms in total.